The molecule has 1 aliphatic rings. The zero-order chi connectivity index (χ0) is 91.5. The molecule has 7 aromatic heterocycles. The lowest BCUT2D eigenvalue weighted by Gasteiger charge is -2.13. The number of imidazole rings is 7. The standard InChI is InChI=1S/C19H22N2O3.C17H18N2O2.C14H14N2O5.C13H18N2O3.C13H18N2O2.C11H14N2O2.C11H14N2OS/c1-22-13-14-24-15-23-12-11-21-18-10-6-5-9-17(18)20-19(21)16-7-3-2-4-8-16;1-20-13-21-12-11-19-16-10-6-5-9-15(16)18-17(19)14-7-3-2-4-8-14;17-13(19-7-10-8-20-14(18)21-10)5-6-16-9-15-11-3-1-2-4-12(11)16;1-16-8-9-18-11-17-7-6-15-10-14-12-4-2-3-5-13(12)15;1-3-16-11(2)17-9-8-15-10-14-12-6-4-5-7-13(12)15;1-14-9-15-7-6-13-8-12-10-4-2-3-5-11(10)13;1-15-9-14-7-6-13-8-12-10-4-2-3-5-11(10)13/h2-10H,11-15H2,1H3;2-10H,11-13H2,1H3;1-4,9-10H,5-8H2;2-5,10H,6-9,11H2,1H3;4-7,10-11H,3,8-9H2,1-2H3;2*2-5,8H,6-7,9H2,1H3. The van der Waals surface area contributed by atoms with E-state index >= 15 is 0 Å². The third-order valence-corrected chi connectivity index (χ3v) is 20.3. The highest BCUT2D eigenvalue weighted by atomic mass is 32.2. The van der Waals surface area contributed by atoms with Crippen molar-refractivity contribution in [1.29, 1.82) is 0 Å². The predicted molar refractivity (Wildman–Crippen MR) is 505 cm³/mol. The molecule has 2 atom stereocenters. The maximum Gasteiger partial charge on any atom is 0.508 e. The van der Waals surface area contributed by atoms with Gasteiger partial charge in [-0.3, -0.25) is 4.79 Å². The second kappa shape index (κ2) is 57.1. The fourth-order valence-electron chi connectivity index (χ4n) is 13.5. The molecule has 1 aliphatic heterocycles. The van der Waals surface area contributed by atoms with E-state index in [1.54, 1.807) is 46.5 Å². The van der Waals surface area contributed by atoms with Gasteiger partial charge in [-0.25, -0.2) is 39.7 Å². The van der Waals surface area contributed by atoms with Gasteiger partial charge in [0.15, 0.2) is 12.4 Å². The van der Waals surface area contributed by atoms with E-state index in [0.717, 1.165) is 146 Å². The number of ether oxygens (including phenoxy) is 16. The summed E-state index contributed by atoms with van der Waals surface area (Å²) < 4.78 is 97.0. The molecule has 1 saturated heterocycles. The minimum absolute atomic E-state index is 0.0231. The van der Waals surface area contributed by atoms with E-state index in [0.29, 0.717) is 93.0 Å². The van der Waals surface area contributed by atoms with Crippen molar-refractivity contribution in [3.63, 3.8) is 0 Å². The number of hydrogen-bond donors (Lipinski definition) is 0. The Labute approximate surface area is 766 Å². The third kappa shape index (κ3) is 32.1. The zero-order valence-corrected chi connectivity index (χ0v) is 76.2. The minimum atomic E-state index is -0.721. The number of carbonyl (C=O) groups is 2. The molecular formula is C98H118N14O18S. The van der Waals surface area contributed by atoms with E-state index < -0.39 is 12.3 Å². The van der Waals surface area contributed by atoms with E-state index in [-0.39, 0.29) is 38.7 Å². The molecule has 2 unspecified atom stereocenters. The summed E-state index contributed by atoms with van der Waals surface area (Å²) in [6, 6.07) is 76.8. The minimum Gasteiger partial charge on any atom is -0.462 e. The van der Waals surface area contributed by atoms with Crippen molar-refractivity contribution in [1.82, 2.24) is 66.9 Å². The van der Waals surface area contributed by atoms with Crippen molar-refractivity contribution < 1.29 is 85.4 Å². The lowest BCUT2D eigenvalue weighted by Crippen LogP contribution is -2.21. The number of fused-ring (bicyclic) bond motifs is 7. The van der Waals surface area contributed by atoms with Crippen LogP contribution in [0.5, 0.6) is 0 Å². The smallest absolute Gasteiger partial charge is 0.462 e. The van der Waals surface area contributed by atoms with Gasteiger partial charge in [0.1, 0.15) is 52.0 Å². The summed E-state index contributed by atoms with van der Waals surface area (Å²) >= 11 is 1.70. The Hall–Kier alpha value is -12.2. The number of aromatic nitrogens is 14. The maximum atomic E-state index is 11.7. The summed E-state index contributed by atoms with van der Waals surface area (Å²) in [7, 11) is 6.54. The van der Waals surface area contributed by atoms with Crippen LogP contribution >= 0.6 is 11.8 Å². The number of rotatable bonds is 44. The molecule has 0 aliphatic carbocycles. The molecule has 0 spiro atoms. The number of esters is 1. The highest BCUT2D eigenvalue weighted by Gasteiger charge is 2.26. The molecule has 0 amide bonds. The van der Waals surface area contributed by atoms with Crippen LogP contribution in [-0.4, -0.2) is 245 Å². The second-order valence-electron chi connectivity index (χ2n) is 28.9. The number of aryl methyl sites for hydroxylation is 1. The number of cyclic esters (lactones) is 2. The van der Waals surface area contributed by atoms with Gasteiger partial charge in [0, 0.05) is 92.0 Å². The van der Waals surface area contributed by atoms with Crippen LogP contribution in [0.4, 0.5) is 4.79 Å². The van der Waals surface area contributed by atoms with Crippen molar-refractivity contribution in [2.75, 3.05) is 154 Å². The molecule has 694 valence electrons. The molecule has 0 bridgehead atoms. The number of methoxy groups -OCH3 is 4. The summed E-state index contributed by atoms with van der Waals surface area (Å²) in [6.07, 6.45) is 9.97. The molecule has 33 heteroatoms. The van der Waals surface area contributed by atoms with E-state index in [4.69, 9.17) is 81.0 Å². The van der Waals surface area contributed by atoms with Gasteiger partial charge in [0.2, 0.25) is 0 Å². The number of thioether (sulfide) groups is 1. The van der Waals surface area contributed by atoms with E-state index in [2.05, 4.69) is 118 Å². The SMILES string of the molecule is CCOC(C)OCCn1cnc2ccccc21.COCCOCOCCn1c(-c2ccccc2)nc2ccccc21.COCCOCOCCn1cnc2ccccc21.COCOCCn1c(-c2ccccc2)nc2ccccc21.COCOCCn1cnc2ccccc21.CSCOCCn1cnc2ccccc21.O=C(CCn1cnc2ccccc21)OCC1COC(=O)O1. The number of carbonyl (C=O) groups excluding carboxylic acids is 2. The van der Waals surface area contributed by atoms with Crippen molar-refractivity contribution in [3.05, 3.63) is 262 Å². The van der Waals surface area contributed by atoms with E-state index in [1.165, 1.54) is 5.52 Å². The first-order valence-corrected chi connectivity index (χ1v) is 44.7. The van der Waals surface area contributed by atoms with Crippen LogP contribution in [0.3, 0.4) is 0 Å². The zero-order valence-electron chi connectivity index (χ0n) is 75.4. The van der Waals surface area contributed by atoms with Crippen molar-refractivity contribution in [2.24, 2.45) is 0 Å². The van der Waals surface area contributed by atoms with Gasteiger partial charge in [-0.05, 0) is 105 Å². The first-order valence-electron chi connectivity index (χ1n) is 43.3. The summed E-state index contributed by atoms with van der Waals surface area (Å²) in [5.41, 5.74) is 17.0. The van der Waals surface area contributed by atoms with Crippen LogP contribution in [0.2, 0.25) is 0 Å². The third-order valence-electron chi connectivity index (χ3n) is 19.9. The first kappa shape index (κ1) is 99.4. The highest BCUT2D eigenvalue weighted by Crippen LogP contribution is 2.27. The quantitative estimate of drug-likeness (QED) is 0.0195. The Morgan fingerprint density at radius 1 is 0.382 bits per heavy atom. The largest absolute Gasteiger partial charge is 0.508 e. The number of nitrogens with zero attached hydrogens (tertiary/aromatic N) is 14. The summed E-state index contributed by atoms with van der Waals surface area (Å²) in [5.74, 6) is 2.33. The predicted octanol–water partition coefficient (Wildman–Crippen LogP) is 16.3. The van der Waals surface area contributed by atoms with Gasteiger partial charge in [0.05, 0.1) is 187 Å². The second-order valence-corrected chi connectivity index (χ2v) is 29.8. The Bertz CT molecular complexity index is 5820. The van der Waals surface area contributed by atoms with Crippen LogP contribution in [0.15, 0.2) is 262 Å². The van der Waals surface area contributed by atoms with Crippen LogP contribution in [0.25, 0.3) is 100 Å². The molecule has 0 radical (unpaired) electrons. The van der Waals surface area contributed by atoms with Gasteiger partial charge in [0.25, 0.3) is 0 Å². The fourth-order valence-corrected chi connectivity index (χ4v) is 13.8. The number of hydrogen-bond acceptors (Lipinski definition) is 26. The van der Waals surface area contributed by atoms with Crippen molar-refractivity contribution in [2.45, 2.75) is 78.5 Å². The molecule has 9 aromatic carbocycles. The number of benzene rings is 9. The fraction of sp³-hybridized carbons (Fsp3) is 0.357. The van der Waals surface area contributed by atoms with Crippen molar-refractivity contribution >= 4 is 101 Å². The Morgan fingerprint density at radius 3 is 1.08 bits per heavy atom. The molecule has 32 nitrogen and oxygen atoms in total. The number of para-hydroxylation sites is 14. The molecule has 131 heavy (non-hydrogen) atoms. The van der Waals surface area contributed by atoms with E-state index in [1.807, 2.05) is 220 Å². The first-order chi connectivity index (χ1) is 64.6. The molecule has 8 heterocycles. The van der Waals surface area contributed by atoms with Crippen molar-refractivity contribution in [3.8, 4) is 22.8 Å². The summed E-state index contributed by atoms with van der Waals surface area (Å²) in [5, 5.41) is 0. The van der Waals surface area contributed by atoms with Gasteiger partial charge in [-0.15, -0.1) is 11.8 Å². The molecule has 0 saturated carbocycles. The molecular weight excluding hydrogens is 1690 g/mol. The summed E-state index contributed by atoms with van der Waals surface area (Å²) in [4.78, 5) is 53.4. The Kier molecular flexibility index (Phi) is 43.3. The lowest BCUT2D eigenvalue weighted by atomic mass is 10.2. The Balaban J connectivity index is 0.000000148. The van der Waals surface area contributed by atoms with Gasteiger partial charge < -0.3 is 108 Å². The molecule has 1 fully saturated rings. The van der Waals surface area contributed by atoms with Crippen LogP contribution < -0.4 is 0 Å². The molecule has 0 N–H and O–H groups in total. The average Bonchev–Trinajstić information content (AvgIpc) is 1.64. The van der Waals surface area contributed by atoms with Gasteiger partial charge >= 0.3 is 12.1 Å². The van der Waals surface area contributed by atoms with Crippen LogP contribution in [-0.2, 0) is 126 Å². The van der Waals surface area contributed by atoms with Gasteiger partial charge in [-0.2, -0.15) is 0 Å². The summed E-state index contributed by atoms with van der Waals surface area (Å²) in [6.45, 7) is 17.1. The van der Waals surface area contributed by atoms with Crippen LogP contribution in [0.1, 0.15) is 20.3 Å². The monoisotopic (exact) mass is 1810 g/mol. The van der Waals surface area contributed by atoms with Gasteiger partial charge in [-0.1, -0.05) is 146 Å². The average molecular weight is 1810 g/mol. The lowest BCUT2D eigenvalue weighted by molar-refractivity contribution is -0.146. The Morgan fingerprint density at radius 2 is 0.718 bits per heavy atom. The van der Waals surface area contributed by atoms with Crippen LogP contribution in [0, 0.1) is 0 Å². The highest BCUT2D eigenvalue weighted by molar-refractivity contribution is 7.98. The van der Waals surface area contributed by atoms with E-state index in [9.17, 15) is 9.59 Å². The maximum absolute atomic E-state index is 11.7. The normalized spacial score (nSPS) is 12.4. The molecule has 17 rings (SSSR count). The molecule has 16 aromatic rings. The topological polar surface area (TPSA) is 307 Å².